The first-order valence-corrected chi connectivity index (χ1v) is 8.30. The predicted molar refractivity (Wildman–Crippen MR) is 81.0 cm³/mol. The SMILES string of the molecule is NS(=O)(=O)c1ccc(-n2nc(C(F)(F)F)nc2-c2ccccc2)cn1. The molecule has 0 saturated carbocycles. The lowest BCUT2D eigenvalue weighted by Crippen LogP contribution is -2.14. The molecule has 0 amide bonds. The highest BCUT2D eigenvalue weighted by atomic mass is 32.2. The first kappa shape index (κ1) is 17.0. The number of hydrogen-bond donors (Lipinski definition) is 1. The van der Waals surface area contributed by atoms with Crippen molar-refractivity contribution in [2.75, 3.05) is 0 Å². The molecule has 0 atom stereocenters. The Bertz CT molecular complexity index is 999. The molecule has 0 aliphatic rings. The zero-order valence-electron chi connectivity index (χ0n) is 12.3. The van der Waals surface area contributed by atoms with E-state index in [1.165, 1.54) is 6.07 Å². The van der Waals surface area contributed by atoms with Crippen LogP contribution in [0.5, 0.6) is 0 Å². The van der Waals surface area contributed by atoms with Crippen molar-refractivity contribution in [3.63, 3.8) is 0 Å². The van der Waals surface area contributed by atoms with Gasteiger partial charge in [0.15, 0.2) is 10.9 Å². The maximum Gasteiger partial charge on any atom is 0.453 e. The average molecular weight is 369 g/mol. The lowest BCUT2D eigenvalue weighted by molar-refractivity contribution is -0.144. The molecule has 25 heavy (non-hydrogen) atoms. The molecule has 7 nitrogen and oxygen atoms in total. The third kappa shape index (κ3) is 3.51. The number of aromatic nitrogens is 4. The second-order valence-corrected chi connectivity index (χ2v) is 6.44. The van der Waals surface area contributed by atoms with E-state index < -0.39 is 27.0 Å². The Balaban J connectivity index is 2.16. The van der Waals surface area contributed by atoms with Gasteiger partial charge < -0.3 is 0 Å². The van der Waals surface area contributed by atoms with E-state index in [2.05, 4.69) is 15.1 Å². The van der Waals surface area contributed by atoms with E-state index in [4.69, 9.17) is 5.14 Å². The molecule has 0 aliphatic carbocycles. The maximum atomic E-state index is 13.0. The van der Waals surface area contributed by atoms with Gasteiger partial charge in [0, 0.05) is 5.56 Å². The standard InChI is InChI=1S/C14H10F3N5O2S/c15-14(16,17)13-20-12(9-4-2-1-3-5-9)22(21-13)10-6-7-11(19-8-10)25(18,23)24/h1-8H,(H2,18,23,24). The molecule has 3 aromatic rings. The first-order chi connectivity index (χ1) is 11.7. The van der Waals surface area contributed by atoms with Crippen LogP contribution in [0, 0.1) is 0 Å². The van der Waals surface area contributed by atoms with Crippen molar-refractivity contribution in [3.05, 3.63) is 54.5 Å². The molecule has 11 heteroatoms. The van der Waals surface area contributed by atoms with Crippen LogP contribution in [0.25, 0.3) is 17.1 Å². The Morgan fingerprint density at radius 1 is 1.04 bits per heavy atom. The van der Waals surface area contributed by atoms with Gasteiger partial charge in [0.1, 0.15) is 0 Å². The Morgan fingerprint density at radius 2 is 1.72 bits per heavy atom. The number of alkyl halides is 3. The number of benzene rings is 1. The number of hydrogen-bond acceptors (Lipinski definition) is 5. The monoisotopic (exact) mass is 369 g/mol. The van der Waals surface area contributed by atoms with E-state index >= 15 is 0 Å². The summed E-state index contributed by atoms with van der Waals surface area (Å²) in [4.78, 5) is 7.21. The summed E-state index contributed by atoms with van der Waals surface area (Å²) in [6.07, 6.45) is -3.68. The van der Waals surface area contributed by atoms with Gasteiger partial charge in [-0.25, -0.2) is 28.2 Å². The highest BCUT2D eigenvalue weighted by Crippen LogP contribution is 2.30. The highest BCUT2D eigenvalue weighted by Gasteiger charge is 2.37. The maximum absolute atomic E-state index is 13.0. The van der Waals surface area contributed by atoms with Crippen LogP contribution in [-0.4, -0.2) is 28.2 Å². The van der Waals surface area contributed by atoms with E-state index in [0.717, 1.165) is 16.9 Å². The molecule has 0 unspecified atom stereocenters. The fraction of sp³-hybridized carbons (Fsp3) is 0.0714. The summed E-state index contributed by atoms with van der Waals surface area (Å²) < 4.78 is 62.4. The molecule has 130 valence electrons. The number of primary sulfonamides is 1. The number of nitrogens with two attached hydrogens (primary N) is 1. The lowest BCUT2D eigenvalue weighted by atomic mass is 10.2. The van der Waals surface area contributed by atoms with Gasteiger partial charge in [-0.2, -0.15) is 13.2 Å². The second kappa shape index (κ2) is 5.93. The number of sulfonamides is 1. The van der Waals surface area contributed by atoms with E-state index in [0.29, 0.717) is 5.56 Å². The van der Waals surface area contributed by atoms with Crippen LogP contribution in [0.4, 0.5) is 13.2 Å². The van der Waals surface area contributed by atoms with Crippen molar-refractivity contribution in [1.29, 1.82) is 0 Å². The summed E-state index contributed by atoms with van der Waals surface area (Å²) in [7, 11) is -4.02. The summed E-state index contributed by atoms with van der Waals surface area (Å²) in [5.74, 6) is -1.38. The van der Waals surface area contributed by atoms with Crippen LogP contribution < -0.4 is 5.14 Å². The molecular weight excluding hydrogens is 359 g/mol. The number of halogens is 3. The highest BCUT2D eigenvalue weighted by molar-refractivity contribution is 7.89. The predicted octanol–water partition coefficient (Wildman–Crippen LogP) is 2.00. The van der Waals surface area contributed by atoms with Crippen molar-refractivity contribution in [3.8, 4) is 17.1 Å². The number of pyridine rings is 1. The molecule has 0 aliphatic heterocycles. The molecule has 0 radical (unpaired) electrons. The minimum atomic E-state index is -4.73. The largest absolute Gasteiger partial charge is 0.453 e. The first-order valence-electron chi connectivity index (χ1n) is 6.75. The van der Waals surface area contributed by atoms with Gasteiger partial charge in [0.05, 0.1) is 11.9 Å². The topological polar surface area (TPSA) is 104 Å². The summed E-state index contributed by atoms with van der Waals surface area (Å²) >= 11 is 0. The normalized spacial score (nSPS) is 12.3. The van der Waals surface area contributed by atoms with Crippen LogP contribution in [-0.2, 0) is 16.2 Å². The van der Waals surface area contributed by atoms with Gasteiger partial charge in [-0.1, -0.05) is 30.3 Å². The summed E-state index contributed by atoms with van der Waals surface area (Å²) in [6, 6.07) is 10.5. The van der Waals surface area contributed by atoms with Gasteiger partial charge in [-0.05, 0) is 12.1 Å². The molecule has 2 N–H and O–H groups in total. The van der Waals surface area contributed by atoms with Gasteiger partial charge in [-0.15, -0.1) is 5.10 Å². The Hall–Kier alpha value is -2.79. The van der Waals surface area contributed by atoms with Crippen LogP contribution >= 0.6 is 0 Å². The van der Waals surface area contributed by atoms with Crippen LogP contribution in [0.2, 0.25) is 0 Å². The molecule has 0 saturated heterocycles. The molecule has 3 rings (SSSR count). The molecule has 2 aromatic heterocycles. The zero-order valence-corrected chi connectivity index (χ0v) is 13.2. The molecule has 0 fully saturated rings. The molecule has 0 bridgehead atoms. The number of nitrogens with zero attached hydrogens (tertiary/aromatic N) is 4. The van der Waals surface area contributed by atoms with Gasteiger partial charge in [-0.3, -0.25) is 0 Å². The minimum Gasteiger partial charge on any atom is -0.241 e. The van der Waals surface area contributed by atoms with Crippen molar-refractivity contribution >= 4 is 10.0 Å². The fourth-order valence-electron chi connectivity index (χ4n) is 2.05. The van der Waals surface area contributed by atoms with Crippen molar-refractivity contribution in [2.45, 2.75) is 11.2 Å². The molecular formula is C14H10F3N5O2S. The Kier molecular flexibility index (Phi) is 4.05. The smallest absolute Gasteiger partial charge is 0.241 e. The zero-order chi connectivity index (χ0) is 18.2. The third-order valence-corrected chi connectivity index (χ3v) is 3.97. The van der Waals surface area contributed by atoms with Crippen LogP contribution in [0.1, 0.15) is 5.82 Å². The van der Waals surface area contributed by atoms with E-state index in [1.807, 2.05) is 0 Å². The van der Waals surface area contributed by atoms with Gasteiger partial charge >= 0.3 is 6.18 Å². The van der Waals surface area contributed by atoms with E-state index in [1.54, 1.807) is 30.3 Å². The molecule has 0 spiro atoms. The van der Waals surface area contributed by atoms with E-state index in [9.17, 15) is 21.6 Å². The summed E-state index contributed by atoms with van der Waals surface area (Å²) in [6.45, 7) is 0. The average Bonchev–Trinajstić information content (AvgIpc) is 3.00. The summed E-state index contributed by atoms with van der Waals surface area (Å²) in [5, 5.41) is 8.03. The number of rotatable bonds is 3. The quantitative estimate of drug-likeness (QED) is 0.760. The van der Waals surface area contributed by atoms with Gasteiger partial charge in [0.2, 0.25) is 0 Å². The second-order valence-electron chi connectivity index (χ2n) is 4.93. The molecule has 2 heterocycles. The Morgan fingerprint density at radius 3 is 2.24 bits per heavy atom. The summed E-state index contributed by atoms with van der Waals surface area (Å²) in [5.41, 5.74) is 0.510. The minimum absolute atomic E-state index is 0.0573. The van der Waals surface area contributed by atoms with Crippen molar-refractivity contribution in [1.82, 2.24) is 19.7 Å². The fourth-order valence-corrected chi connectivity index (χ4v) is 2.51. The van der Waals surface area contributed by atoms with Crippen LogP contribution in [0.15, 0.2) is 53.7 Å². The third-order valence-electron chi connectivity index (χ3n) is 3.15. The Labute approximate surface area is 140 Å². The molecule has 1 aromatic carbocycles. The van der Waals surface area contributed by atoms with Crippen LogP contribution in [0.3, 0.4) is 0 Å². The van der Waals surface area contributed by atoms with Crippen molar-refractivity contribution in [2.24, 2.45) is 5.14 Å². The lowest BCUT2D eigenvalue weighted by Gasteiger charge is -2.06. The van der Waals surface area contributed by atoms with E-state index in [-0.39, 0.29) is 11.5 Å². The van der Waals surface area contributed by atoms with Crippen molar-refractivity contribution < 1.29 is 21.6 Å². The van der Waals surface area contributed by atoms with Gasteiger partial charge in [0.25, 0.3) is 15.8 Å².